The van der Waals surface area contributed by atoms with Gasteiger partial charge in [0, 0.05) is 5.02 Å². The molecule has 26 heavy (non-hydrogen) atoms. The summed E-state index contributed by atoms with van der Waals surface area (Å²) < 4.78 is 11.6. The Bertz CT molecular complexity index is 744. The van der Waals surface area contributed by atoms with Gasteiger partial charge in [-0.3, -0.25) is 4.79 Å². The summed E-state index contributed by atoms with van der Waals surface area (Å²) in [5, 5.41) is 3.48. The van der Waals surface area contributed by atoms with Crippen molar-refractivity contribution in [3.05, 3.63) is 53.6 Å². The van der Waals surface area contributed by atoms with Crippen LogP contribution in [-0.2, 0) is 9.53 Å². The number of carbonyl (C=O) groups excluding carboxylic acids is 1. The van der Waals surface area contributed by atoms with Crippen molar-refractivity contribution in [3.63, 3.8) is 0 Å². The highest BCUT2D eigenvalue weighted by Gasteiger charge is 2.27. The minimum atomic E-state index is -0.0681. The quantitative estimate of drug-likeness (QED) is 0.845. The van der Waals surface area contributed by atoms with Gasteiger partial charge in [0.15, 0.2) is 12.3 Å². The lowest BCUT2D eigenvalue weighted by molar-refractivity contribution is -0.907. The van der Waals surface area contributed by atoms with Gasteiger partial charge >= 0.3 is 0 Å². The Morgan fingerprint density at radius 1 is 1.19 bits per heavy atom. The predicted octanol–water partition coefficient (Wildman–Crippen LogP) is 2.76. The van der Waals surface area contributed by atoms with Crippen molar-refractivity contribution < 1.29 is 19.2 Å². The van der Waals surface area contributed by atoms with Gasteiger partial charge in [-0.15, -0.1) is 0 Å². The number of halogens is 1. The third-order valence-corrected chi connectivity index (χ3v) is 4.45. The van der Waals surface area contributed by atoms with E-state index in [4.69, 9.17) is 21.1 Å². The van der Waals surface area contributed by atoms with Gasteiger partial charge in [0.25, 0.3) is 5.91 Å². The first kappa shape index (κ1) is 18.7. The maximum atomic E-state index is 12.5. The molecule has 2 N–H and O–H groups in total. The highest BCUT2D eigenvalue weighted by atomic mass is 35.5. The zero-order chi connectivity index (χ0) is 18.5. The molecule has 0 spiro atoms. The molecule has 6 heteroatoms. The van der Waals surface area contributed by atoms with Gasteiger partial charge < -0.3 is 19.7 Å². The molecule has 1 fully saturated rings. The molecule has 3 rings (SSSR count). The normalized spacial score (nSPS) is 22.7. The van der Waals surface area contributed by atoms with Crippen LogP contribution in [0.15, 0.2) is 48.5 Å². The highest BCUT2D eigenvalue weighted by molar-refractivity contribution is 6.31. The van der Waals surface area contributed by atoms with Gasteiger partial charge in [-0.2, -0.15) is 0 Å². The molecule has 0 bridgehead atoms. The Kier molecular flexibility index (Phi) is 6.14. The van der Waals surface area contributed by atoms with E-state index in [0.29, 0.717) is 28.8 Å². The fourth-order valence-electron chi connectivity index (χ4n) is 3.26. The average Bonchev–Trinajstić information content (AvgIpc) is 2.57. The number of anilines is 1. The van der Waals surface area contributed by atoms with E-state index >= 15 is 0 Å². The van der Waals surface area contributed by atoms with Crippen LogP contribution in [0, 0.1) is 0 Å². The maximum absolute atomic E-state index is 12.5. The van der Waals surface area contributed by atoms with Crippen LogP contribution in [0.2, 0.25) is 5.02 Å². The molecule has 0 saturated carbocycles. The summed E-state index contributed by atoms with van der Waals surface area (Å²) in [6, 6.07) is 14.6. The van der Waals surface area contributed by atoms with Gasteiger partial charge in [-0.05, 0) is 44.2 Å². The molecule has 1 aliphatic heterocycles. The van der Waals surface area contributed by atoms with E-state index in [1.165, 1.54) is 4.90 Å². The fourth-order valence-corrected chi connectivity index (χ4v) is 3.43. The number of benzene rings is 2. The van der Waals surface area contributed by atoms with E-state index in [1.807, 2.05) is 44.2 Å². The van der Waals surface area contributed by atoms with E-state index in [1.54, 1.807) is 18.2 Å². The summed E-state index contributed by atoms with van der Waals surface area (Å²) in [6.45, 7) is 6.10. The third-order valence-electron chi connectivity index (χ3n) is 4.21. The fraction of sp³-hybridized carbons (Fsp3) is 0.350. The molecule has 0 aliphatic carbocycles. The average molecular weight is 376 g/mol. The number of rotatable bonds is 5. The number of hydrogen-bond acceptors (Lipinski definition) is 3. The van der Waals surface area contributed by atoms with Crippen LogP contribution in [0.4, 0.5) is 5.69 Å². The summed E-state index contributed by atoms with van der Waals surface area (Å²) in [7, 11) is 0. The molecule has 5 nitrogen and oxygen atoms in total. The molecule has 1 aliphatic rings. The van der Waals surface area contributed by atoms with Crippen molar-refractivity contribution in [2.45, 2.75) is 26.1 Å². The van der Waals surface area contributed by atoms with E-state index in [0.717, 1.165) is 13.1 Å². The topological polar surface area (TPSA) is 52.0 Å². The van der Waals surface area contributed by atoms with Gasteiger partial charge in [0.05, 0.1) is 5.69 Å². The van der Waals surface area contributed by atoms with Crippen molar-refractivity contribution in [2.24, 2.45) is 0 Å². The standard InChI is InChI=1S/C20H23ClN2O3/c1-14-11-23(12-15(2)25-14)13-20(24)22-18-10-16(21)8-9-19(18)26-17-6-4-3-5-7-17/h3-10,14-15H,11-13H2,1-2H3,(H,22,24)/p+1/t14-,15+. The van der Waals surface area contributed by atoms with Crippen molar-refractivity contribution in [3.8, 4) is 11.5 Å². The third kappa shape index (κ3) is 5.21. The minimum Gasteiger partial charge on any atom is -0.455 e. The van der Waals surface area contributed by atoms with Crippen LogP contribution < -0.4 is 15.0 Å². The van der Waals surface area contributed by atoms with E-state index < -0.39 is 0 Å². The molecule has 1 saturated heterocycles. The highest BCUT2D eigenvalue weighted by Crippen LogP contribution is 2.31. The zero-order valence-electron chi connectivity index (χ0n) is 15.0. The first-order valence-corrected chi connectivity index (χ1v) is 9.18. The smallest absolute Gasteiger partial charge is 0.279 e. The summed E-state index contributed by atoms with van der Waals surface area (Å²) >= 11 is 6.10. The van der Waals surface area contributed by atoms with Crippen molar-refractivity contribution in [1.82, 2.24) is 0 Å². The van der Waals surface area contributed by atoms with Gasteiger partial charge in [0.1, 0.15) is 31.0 Å². The van der Waals surface area contributed by atoms with Crippen molar-refractivity contribution in [2.75, 3.05) is 25.0 Å². The molecule has 0 radical (unpaired) electrons. The Morgan fingerprint density at radius 2 is 1.88 bits per heavy atom. The van der Waals surface area contributed by atoms with Gasteiger partial charge in [0.2, 0.25) is 0 Å². The van der Waals surface area contributed by atoms with E-state index in [-0.39, 0.29) is 18.1 Å². The molecular formula is C20H24ClN2O3+. The van der Waals surface area contributed by atoms with Crippen LogP contribution in [0.25, 0.3) is 0 Å². The molecule has 1 unspecified atom stereocenters. The van der Waals surface area contributed by atoms with Crippen LogP contribution in [0.5, 0.6) is 11.5 Å². The molecule has 0 aromatic heterocycles. The van der Waals surface area contributed by atoms with Crippen LogP contribution in [-0.4, -0.2) is 37.7 Å². The van der Waals surface area contributed by atoms with Crippen molar-refractivity contribution >= 4 is 23.2 Å². The van der Waals surface area contributed by atoms with Crippen LogP contribution in [0.3, 0.4) is 0 Å². The van der Waals surface area contributed by atoms with Gasteiger partial charge in [-0.1, -0.05) is 29.8 Å². The SMILES string of the molecule is C[C@@H]1C[NH+](CC(=O)Nc2cc(Cl)ccc2Oc2ccccc2)C[C@H](C)O1. The molecule has 2 aromatic rings. The number of carbonyl (C=O) groups is 1. The summed E-state index contributed by atoms with van der Waals surface area (Å²) in [6.07, 6.45) is 0.314. The van der Waals surface area contributed by atoms with Gasteiger partial charge in [-0.25, -0.2) is 0 Å². The summed E-state index contributed by atoms with van der Waals surface area (Å²) in [4.78, 5) is 13.7. The maximum Gasteiger partial charge on any atom is 0.279 e. The molecule has 2 aromatic carbocycles. The summed E-state index contributed by atoms with van der Waals surface area (Å²) in [5.74, 6) is 1.20. The molecule has 138 valence electrons. The largest absolute Gasteiger partial charge is 0.455 e. The van der Waals surface area contributed by atoms with Crippen molar-refractivity contribution in [1.29, 1.82) is 0 Å². The Balaban J connectivity index is 1.68. The van der Waals surface area contributed by atoms with Crippen LogP contribution >= 0.6 is 11.6 Å². The first-order chi connectivity index (χ1) is 12.5. The lowest BCUT2D eigenvalue weighted by atomic mass is 10.2. The first-order valence-electron chi connectivity index (χ1n) is 8.81. The lowest BCUT2D eigenvalue weighted by Crippen LogP contribution is -3.16. The Labute approximate surface area is 158 Å². The number of morpholine rings is 1. The number of ether oxygens (including phenoxy) is 2. The zero-order valence-corrected chi connectivity index (χ0v) is 15.8. The summed E-state index contributed by atoms with van der Waals surface area (Å²) in [5.41, 5.74) is 0.570. The molecular weight excluding hydrogens is 352 g/mol. The molecule has 1 amide bonds. The number of amides is 1. The number of para-hydroxylation sites is 1. The Hall–Kier alpha value is -2.08. The van der Waals surface area contributed by atoms with E-state index in [2.05, 4.69) is 5.32 Å². The second-order valence-corrected chi connectivity index (χ2v) is 7.13. The number of hydrogen-bond donors (Lipinski definition) is 2. The number of nitrogens with one attached hydrogen (secondary N) is 2. The predicted molar refractivity (Wildman–Crippen MR) is 102 cm³/mol. The second-order valence-electron chi connectivity index (χ2n) is 6.70. The second kappa shape index (κ2) is 8.54. The monoisotopic (exact) mass is 375 g/mol. The Morgan fingerprint density at radius 3 is 2.58 bits per heavy atom. The molecule has 1 heterocycles. The van der Waals surface area contributed by atoms with Crippen LogP contribution in [0.1, 0.15) is 13.8 Å². The number of quaternary nitrogens is 1. The molecule has 3 atom stereocenters. The van der Waals surface area contributed by atoms with E-state index in [9.17, 15) is 4.79 Å². The lowest BCUT2D eigenvalue weighted by Gasteiger charge is -2.31. The minimum absolute atomic E-state index is 0.0681.